The average Bonchev–Trinajstić information content (AvgIpc) is 2.47. The van der Waals surface area contributed by atoms with Crippen molar-refractivity contribution < 1.29 is 27.2 Å². The number of alkyl halides is 3. The SMILES string of the molecule is O=Cc1cc(F)cc(NC(=O)Nc2ccc(C(F)(F)F)cc2Cl)c1. The second-order valence-electron chi connectivity index (χ2n) is 4.66. The van der Waals surface area contributed by atoms with Crippen molar-refractivity contribution >= 4 is 35.3 Å². The minimum absolute atomic E-state index is 0.00219. The molecular formula is C15H9ClF4N2O2. The van der Waals surface area contributed by atoms with Gasteiger partial charge in [0.1, 0.15) is 12.1 Å². The number of hydrogen-bond acceptors (Lipinski definition) is 2. The maximum absolute atomic E-state index is 13.3. The van der Waals surface area contributed by atoms with Crippen LogP contribution in [0.3, 0.4) is 0 Å². The first-order chi connectivity index (χ1) is 11.2. The fraction of sp³-hybridized carbons (Fsp3) is 0.0667. The molecule has 0 aromatic heterocycles. The lowest BCUT2D eigenvalue weighted by molar-refractivity contribution is -0.137. The number of rotatable bonds is 3. The lowest BCUT2D eigenvalue weighted by Gasteiger charge is -2.12. The second-order valence-corrected chi connectivity index (χ2v) is 5.07. The first-order valence-electron chi connectivity index (χ1n) is 6.39. The van der Waals surface area contributed by atoms with Gasteiger partial charge in [-0.1, -0.05) is 11.6 Å². The Hall–Kier alpha value is -2.61. The molecule has 0 fully saturated rings. The number of hydrogen-bond donors (Lipinski definition) is 2. The quantitative estimate of drug-likeness (QED) is 0.600. The van der Waals surface area contributed by atoms with E-state index in [1.165, 1.54) is 6.07 Å². The van der Waals surface area contributed by atoms with Gasteiger partial charge in [-0.25, -0.2) is 9.18 Å². The first kappa shape index (κ1) is 17.7. The van der Waals surface area contributed by atoms with Crippen LogP contribution in [0.25, 0.3) is 0 Å². The minimum Gasteiger partial charge on any atom is -0.308 e. The molecule has 0 spiro atoms. The van der Waals surface area contributed by atoms with Gasteiger partial charge in [0.2, 0.25) is 0 Å². The Labute approximate surface area is 138 Å². The molecule has 9 heteroatoms. The molecule has 2 rings (SSSR count). The van der Waals surface area contributed by atoms with E-state index in [1.807, 2.05) is 0 Å². The highest BCUT2D eigenvalue weighted by Gasteiger charge is 2.31. The summed E-state index contributed by atoms with van der Waals surface area (Å²) in [5, 5.41) is 4.17. The van der Waals surface area contributed by atoms with Crippen molar-refractivity contribution in [2.24, 2.45) is 0 Å². The summed E-state index contributed by atoms with van der Waals surface area (Å²) in [5.41, 5.74) is -1.01. The number of carbonyl (C=O) groups excluding carboxylic acids is 2. The summed E-state index contributed by atoms with van der Waals surface area (Å²) in [6.07, 6.45) is -4.16. The molecule has 2 aromatic carbocycles. The Bertz CT molecular complexity index is 794. The van der Waals surface area contributed by atoms with Gasteiger partial charge in [0.25, 0.3) is 0 Å². The van der Waals surface area contributed by atoms with E-state index in [0.717, 1.165) is 24.3 Å². The molecule has 0 unspecified atom stereocenters. The molecule has 0 saturated carbocycles. The molecule has 0 aliphatic rings. The summed E-state index contributed by atoms with van der Waals surface area (Å²) in [7, 11) is 0. The van der Waals surface area contributed by atoms with Crippen LogP contribution < -0.4 is 10.6 Å². The van der Waals surface area contributed by atoms with Crippen LogP contribution in [0, 0.1) is 5.82 Å². The Morgan fingerprint density at radius 2 is 1.79 bits per heavy atom. The van der Waals surface area contributed by atoms with E-state index >= 15 is 0 Å². The lowest BCUT2D eigenvalue weighted by atomic mass is 10.2. The summed E-state index contributed by atoms with van der Waals surface area (Å²) in [4.78, 5) is 22.5. The summed E-state index contributed by atoms with van der Waals surface area (Å²) >= 11 is 5.71. The number of amides is 2. The smallest absolute Gasteiger partial charge is 0.308 e. The number of aldehydes is 1. The molecule has 0 heterocycles. The molecule has 0 radical (unpaired) electrons. The van der Waals surface area contributed by atoms with Gasteiger partial charge in [-0.15, -0.1) is 0 Å². The van der Waals surface area contributed by atoms with Crippen molar-refractivity contribution in [3.63, 3.8) is 0 Å². The highest BCUT2D eigenvalue weighted by atomic mass is 35.5. The fourth-order valence-electron chi connectivity index (χ4n) is 1.83. The summed E-state index contributed by atoms with van der Waals surface area (Å²) < 4.78 is 50.9. The number of halogens is 5. The molecule has 0 aliphatic carbocycles. The molecule has 2 amide bonds. The van der Waals surface area contributed by atoms with Gasteiger partial charge in [0.05, 0.1) is 16.3 Å². The number of nitrogens with one attached hydrogen (secondary N) is 2. The number of carbonyl (C=O) groups is 2. The van der Waals surface area contributed by atoms with Crippen LogP contribution in [0.2, 0.25) is 5.02 Å². The molecule has 2 N–H and O–H groups in total. The largest absolute Gasteiger partial charge is 0.416 e. The van der Waals surface area contributed by atoms with E-state index in [-0.39, 0.29) is 22.0 Å². The zero-order valence-corrected chi connectivity index (χ0v) is 12.5. The number of urea groups is 1. The van der Waals surface area contributed by atoms with Gasteiger partial charge in [0.15, 0.2) is 0 Å². The fourth-order valence-corrected chi connectivity index (χ4v) is 2.06. The van der Waals surface area contributed by atoms with Gasteiger partial charge in [0, 0.05) is 11.3 Å². The van der Waals surface area contributed by atoms with Crippen molar-refractivity contribution in [2.45, 2.75) is 6.18 Å². The Morgan fingerprint density at radius 1 is 1.08 bits per heavy atom. The third-order valence-corrected chi connectivity index (χ3v) is 3.17. The predicted molar refractivity (Wildman–Crippen MR) is 80.9 cm³/mol. The van der Waals surface area contributed by atoms with E-state index in [1.54, 1.807) is 0 Å². The van der Waals surface area contributed by atoms with Crippen LogP contribution in [0.15, 0.2) is 36.4 Å². The van der Waals surface area contributed by atoms with E-state index in [9.17, 15) is 27.2 Å². The molecule has 0 saturated heterocycles. The Kier molecular flexibility index (Phi) is 5.08. The molecule has 0 atom stereocenters. The van der Waals surface area contributed by atoms with Crippen molar-refractivity contribution in [2.75, 3.05) is 10.6 Å². The van der Waals surface area contributed by atoms with Crippen molar-refractivity contribution in [3.8, 4) is 0 Å². The maximum atomic E-state index is 13.3. The van der Waals surface area contributed by atoms with E-state index < -0.39 is 23.6 Å². The lowest BCUT2D eigenvalue weighted by Crippen LogP contribution is -2.20. The average molecular weight is 361 g/mol. The highest BCUT2D eigenvalue weighted by Crippen LogP contribution is 2.33. The molecule has 2 aromatic rings. The molecule has 0 bridgehead atoms. The van der Waals surface area contributed by atoms with Gasteiger partial charge in [-0.2, -0.15) is 13.2 Å². The highest BCUT2D eigenvalue weighted by molar-refractivity contribution is 6.33. The number of benzene rings is 2. The van der Waals surface area contributed by atoms with Crippen LogP contribution in [0.5, 0.6) is 0 Å². The van der Waals surface area contributed by atoms with Crippen molar-refractivity contribution in [3.05, 3.63) is 58.4 Å². The van der Waals surface area contributed by atoms with Crippen LogP contribution >= 0.6 is 11.6 Å². The van der Waals surface area contributed by atoms with E-state index in [0.29, 0.717) is 12.4 Å². The Morgan fingerprint density at radius 3 is 2.38 bits per heavy atom. The second kappa shape index (κ2) is 6.88. The maximum Gasteiger partial charge on any atom is 0.416 e. The van der Waals surface area contributed by atoms with E-state index in [4.69, 9.17) is 11.6 Å². The minimum atomic E-state index is -4.56. The van der Waals surface area contributed by atoms with Crippen LogP contribution in [0.1, 0.15) is 15.9 Å². The summed E-state index contributed by atoms with van der Waals surface area (Å²) in [6.45, 7) is 0. The van der Waals surface area contributed by atoms with Crippen LogP contribution in [-0.2, 0) is 6.18 Å². The summed E-state index contributed by atoms with van der Waals surface area (Å²) in [6, 6.07) is 4.73. The predicted octanol–water partition coefficient (Wildman–Crippen LogP) is 4.95. The Balaban J connectivity index is 2.13. The zero-order valence-electron chi connectivity index (χ0n) is 11.7. The van der Waals surface area contributed by atoms with Gasteiger partial charge in [-0.05, 0) is 36.4 Å². The zero-order chi connectivity index (χ0) is 17.9. The third-order valence-electron chi connectivity index (χ3n) is 2.86. The van der Waals surface area contributed by atoms with Crippen molar-refractivity contribution in [1.29, 1.82) is 0 Å². The number of anilines is 2. The van der Waals surface area contributed by atoms with E-state index in [2.05, 4.69) is 10.6 Å². The standard InChI is InChI=1S/C15H9ClF4N2O2/c16-12-5-9(15(18,19)20)1-2-13(12)22-14(24)21-11-4-8(7-23)3-10(17)6-11/h1-7H,(H2,21,22,24). The molecule has 24 heavy (non-hydrogen) atoms. The molecule has 126 valence electrons. The van der Waals surface area contributed by atoms with Gasteiger partial charge in [-0.3, -0.25) is 4.79 Å². The van der Waals surface area contributed by atoms with Crippen LogP contribution in [0.4, 0.5) is 33.7 Å². The van der Waals surface area contributed by atoms with Crippen molar-refractivity contribution in [1.82, 2.24) is 0 Å². The molecule has 0 aliphatic heterocycles. The summed E-state index contributed by atoms with van der Waals surface area (Å²) in [5.74, 6) is -0.734. The monoisotopic (exact) mass is 360 g/mol. The first-order valence-corrected chi connectivity index (χ1v) is 6.77. The molecular weight excluding hydrogens is 352 g/mol. The molecule has 4 nitrogen and oxygen atoms in total. The normalized spacial score (nSPS) is 11.0. The topological polar surface area (TPSA) is 58.2 Å². The van der Waals surface area contributed by atoms with Gasteiger partial charge < -0.3 is 10.6 Å². The van der Waals surface area contributed by atoms with Gasteiger partial charge >= 0.3 is 12.2 Å². The van der Waals surface area contributed by atoms with Crippen LogP contribution in [-0.4, -0.2) is 12.3 Å². The third kappa shape index (κ3) is 4.45.